The lowest BCUT2D eigenvalue weighted by atomic mass is 9.99. The van der Waals surface area contributed by atoms with E-state index in [4.69, 9.17) is 4.74 Å². The van der Waals surface area contributed by atoms with E-state index in [1.165, 1.54) is 0 Å². The molecule has 7 heteroatoms. The molecule has 0 bridgehead atoms. The van der Waals surface area contributed by atoms with E-state index in [-0.39, 0.29) is 23.6 Å². The topological polar surface area (TPSA) is 90.3 Å². The molecule has 1 atom stereocenters. The molecule has 1 aromatic heterocycles. The van der Waals surface area contributed by atoms with Gasteiger partial charge in [0.2, 0.25) is 0 Å². The number of carbonyl (C=O) groups excluding carboxylic acids is 2. The zero-order valence-electron chi connectivity index (χ0n) is 17.2. The molecule has 2 heterocycles. The maximum Gasteiger partial charge on any atom is 0.338 e. The van der Waals surface area contributed by atoms with Gasteiger partial charge in [0.25, 0.3) is 11.5 Å². The SMILES string of the molecule is CCCC[C@H](CC)CNC(=O)COC(=O)c1ccc2c(=O)n3c(nc2c1)CCC3. The Labute approximate surface area is 170 Å². The molecule has 1 aliphatic rings. The van der Waals surface area contributed by atoms with Crippen LogP contribution in [0.15, 0.2) is 23.0 Å². The molecule has 1 aliphatic heterocycles. The summed E-state index contributed by atoms with van der Waals surface area (Å²) in [6, 6.07) is 4.71. The number of hydrogen-bond donors (Lipinski definition) is 1. The van der Waals surface area contributed by atoms with Gasteiger partial charge in [0, 0.05) is 19.5 Å². The summed E-state index contributed by atoms with van der Waals surface area (Å²) >= 11 is 0. The minimum absolute atomic E-state index is 0.0738. The molecule has 0 saturated heterocycles. The lowest BCUT2D eigenvalue weighted by molar-refractivity contribution is -0.124. The second-order valence-electron chi connectivity index (χ2n) is 7.62. The Kier molecular flexibility index (Phi) is 7.01. The van der Waals surface area contributed by atoms with Crippen LogP contribution < -0.4 is 10.9 Å². The predicted octanol–water partition coefficient (Wildman–Crippen LogP) is 2.83. The normalized spacial score (nSPS) is 13.9. The van der Waals surface area contributed by atoms with Gasteiger partial charge in [-0.2, -0.15) is 0 Å². The third-order valence-corrected chi connectivity index (χ3v) is 5.52. The number of amides is 1. The summed E-state index contributed by atoms with van der Waals surface area (Å²) in [6.07, 6.45) is 6.04. The van der Waals surface area contributed by atoms with Gasteiger partial charge in [0.15, 0.2) is 6.61 Å². The molecule has 0 radical (unpaired) electrons. The third-order valence-electron chi connectivity index (χ3n) is 5.52. The van der Waals surface area contributed by atoms with Gasteiger partial charge < -0.3 is 10.1 Å². The van der Waals surface area contributed by atoms with Crippen molar-refractivity contribution >= 4 is 22.8 Å². The van der Waals surface area contributed by atoms with Crippen molar-refractivity contribution in [1.29, 1.82) is 0 Å². The molecular formula is C22H29N3O4. The average molecular weight is 399 g/mol. The molecule has 7 nitrogen and oxygen atoms in total. The Bertz CT molecular complexity index is 951. The number of unbranched alkanes of at least 4 members (excludes halogenated alkanes) is 1. The second-order valence-corrected chi connectivity index (χ2v) is 7.62. The molecule has 3 rings (SSSR count). The summed E-state index contributed by atoms with van der Waals surface area (Å²) < 4.78 is 6.84. The van der Waals surface area contributed by atoms with E-state index in [0.717, 1.165) is 44.3 Å². The fourth-order valence-corrected chi connectivity index (χ4v) is 3.68. The number of aryl methyl sites for hydroxylation is 1. The largest absolute Gasteiger partial charge is 0.452 e. The molecule has 0 spiro atoms. The number of carbonyl (C=O) groups is 2. The molecule has 0 unspecified atom stereocenters. The zero-order valence-corrected chi connectivity index (χ0v) is 17.2. The van der Waals surface area contributed by atoms with Gasteiger partial charge in [-0.3, -0.25) is 14.2 Å². The molecular weight excluding hydrogens is 370 g/mol. The quantitative estimate of drug-likeness (QED) is 0.655. The van der Waals surface area contributed by atoms with Gasteiger partial charge in [-0.25, -0.2) is 9.78 Å². The van der Waals surface area contributed by atoms with E-state index < -0.39 is 5.97 Å². The molecule has 0 fully saturated rings. The highest BCUT2D eigenvalue weighted by Crippen LogP contribution is 2.17. The summed E-state index contributed by atoms with van der Waals surface area (Å²) in [6.45, 7) is 5.23. The van der Waals surface area contributed by atoms with E-state index in [1.54, 1.807) is 22.8 Å². The van der Waals surface area contributed by atoms with Crippen molar-refractivity contribution in [2.45, 2.75) is 58.9 Å². The molecule has 0 saturated carbocycles. The minimum atomic E-state index is -0.595. The Morgan fingerprint density at radius 1 is 1.31 bits per heavy atom. The highest BCUT2D eigenvalue weighted by Gasteiger charge is 2.18. The number of fused-ring (bicyclic) bond motifs is 2. The minimum Gasteiger partial charge on any atom is -0.452 e. The number of nitrogens with zero attached hydrogens (tertiary/aromatic N) is 2. The highest BCUT2D eigenvalue weighted by molar-refractivity contribution is 5.95. The lowest BCUT2D eigenvalue weighted by Gasteiger charge is -2.15. The van der Waals surface area contributed by atoms with Crippen molar-refractivity contribution in [3.63, 3.8) is 0 Å². The molecule has 2 aromatic rings. The van der Waals surface area contributed by atoms with E-state index >= 15 is 0 Å². The summed E-state index contributed by atoms with van der Waals surface area (Å²) in [5, 5.41) is 3.33. The summed E-state index contributed by atoms with van der Waals surface area (Å²) in [5.41, 5.74) is 0.702. The van der Waals surface area contributed by atoms with Crippen LogP contribution in [0.2, 0.25) is 0 Å². The Morgan fingerprint density at radius 3 is 2.90 bits per heavy atom. The van der Waals surface area contributed by atoms with Gasteiger partial charge in [-0.15, -0.1) is 0 Å². The van der Waals surface area contributed by atoms with Crippen LogP contribution in [0.25, 0.3) is 10.9 Å². The van der Waals surface area contributed by atoms with Crippen molar-refractivity contribution in [2.24, 2.45) is 5.92 Å². The number of nitrogens with one attached hydrogen (secondary N) is 1. The molecule has 1 N–H and O–H groups in total. The van der Waals surface area contributed by atoms with Crippen molar-refractivity contribution in [2.75, 3.05) is 13.2 Å². The van der Waals surface area contributed by atoms with Crippen molar-refractivity contribution < 1.29 is 14.3 Å². The van der Waals surface area contributed by atoms with Crippen LogP contribution in [0.3, 0.4) is 0 Å². The van der Waals surface area contributed by atoms with Crippen LogP contribution in [0.4, 0.5) is 0 Å². The van der Waals surface area contributed by atoms with Crippen molar-refractivity contribution in [1.82, 2.24) is 14.9 Å². The van der Waals surface area contributed by atoms with Crippen LogP contribution in [0.1, 0.15) is 62.1 Å². The number of rotatable bonds is 9. The van der Waals surface area contributed by atoms with Gasteiger partial charge in [0.05, 0.1) is 16.5 Å². The fraction of sp³-hybridized carbons (Fsp3) is 0.545. The zero-order chi connectivity index (χ0) is 20.8. The van der Waals surface area contributed by atoms with E-state index in [2.05, 4.69) is 24.1 Å². The molecule has 156 valence electrons. The van der Waals surface area contributed by atoms with Gasteiger partial charge in [-0.1, -0.05) is 33.1 Å². The number of ether oxygens (including phenoxy) is 1. The lowest BCUT2D eigenvalue weighted by Crippen LogP contribution is -2.32. The Balaban J connectivity index is 1.58. The third kappa shape index (κ3) is 5.02. The standard InChI is InChI=1S/C22H29N3O4/c1-3-5-7-15(4-2)13-23-20(26)14-29-22(28)16-9-10-17-18(12-16)24-19-8-6-11-25(19)21(17)27/h9-10,12,15H,3-8,11,13-14H2,1-2H3,(H,23,26)/t15-/m0/s1. The molecule has 1 amide bonds. The number of benzene rings is 1. The van der Waals surface area contributed by atoms with Gasteiger partial charge >= 0.3 is 5.97 Å². The molecule has 1 aromatic carbocycles. The first-order chi connectivity index (χ1) is 14.0. The highest BCUT2D eigenvalue weighted by atomic mass is 16.5. The average Bonchev–Trinajstić information content (AvgIpc) is 3.20. The van der Waals surface area contributed by atoms with Crippen LogP contribution in [0, 0.1) is 5.92 Å². The monoisotopic (exact) mass is 399 g/mol. The maximum atomic E-state index is 12.5. The number of aromatic nitrogens is 2. The second kappa shape index (κ2) is 9.67. The smallest absolute Gasteiger partial charge is 0.338 e. The van der Waals surface area contributed by atoms with E-state index in [1.807, 2.05) is 0 Å². The Hall–Kier alpha value is -2.70. The van der Waals surface area contributed by atoms with Crippen LogP contribution >= 0.6 is 0 Å². The summed E-state index contributed by atoms with van der Waals surface area (Å²) in [4.78, 5) is 41.3. The van der Waals surface area contributed by atoms with E-state index in [9.17, 15) is 14.4 Å². The molecule has 29 heavy (non-hydrogen) atoms. The number of esters is 1. The van der Waals surface area contributed by atoms with Crippen LogP contribution in [0.5, 0.6) is 0 Å². The predicted molar refractivity (Wildman–Crippen MR) is 111 cm³/mol. The first-order valence-corrected chi connectivity index (χ1v) is 10.5. The van der Waals surface area contributed by atoms with Crippen LogP contribution in [-0.2, 0) is 22.5 Å². The van der Waals surface area contributed by atoms with Crippen LogP contribution in [-0.4, -0.2) is 34.6 Å². The van der Waals surface area contributed by atoms with E-state index in [0.29, 0.717) is 29.9 Å². The Morgan fingerprint density at radius 2 is 2.14 bits per heavy atom. The summed E-state index contributed by atoms with van der Waals surface area (Å²) in [5.74, 6) is 0.300. The maximum absolute atomic E-state index is 12.5. The van der Waals surface area contributed by atoms with Crippen molar-refractivity contribution in [3.8, 4) is 0 Å². The first kappa shape index (κ1) is 21.0. The molecule has 0 aliphatic carbocycles. The van der Waals surface area contributed by atoms with Crippen molar-refractivity contribution in [3.05, 3.63) is 39.9 Å². The van der Waals surface area contributed by atoms with Gasteiger partial charge in [0.1, 0.15) is 5.82 Å². The summed E-state index contributed by atoms with van der Waals surface area (Å²) in [7, 11) is 0. The first-order valence-electron chi connectivity index (χ1n) is 10.5. The number of hydrogen-bond acceptors (Lipinski definition) is 5. The van der Waals surface area contributed by atoms with Gasteiger partial charge in [-0.05, 0) is 37.0 Å². The fourth-order valence-electron chi connectivity index (χ4n) is 3.68.